The number of carbonyl (C=O) groups is 1. The summed E-state index contributed by atoms with van der Waals surface area (Å²) in [4.78, 5) is 15.5. The largest absolute Gasteiger partial charge is 0.393 e. The van der Waals surface area contributed by atoms with Crippen molar-refractivity contribution in [2.24, 2.45) is 0 Å². The molecule has 16 heavy (non-hydrogen) atoms. The third-order valence-corrected chi connectivity index (χ3v) is 2.35. The van der Waals surface area contributed by atoms with Gasteiger partial charge >= 0.3 is 0 Å². The molecule has 4 nitrogen and oxygen atoms in total. The Labute approximate surface area is 95.7 Å². The van der Waals surface area contributed by atoms with Crippen molar-refractivity contribution in [2.75, 3.05) is 0 Å². The van der Waals surface area contributed by atoms with Gasteiger partial charge in [0.05, 0.1) is 12.1 Å². The minimum atomic E-state index is -0.431. The molecule has 2 N–H and O–H groups in total. The maximum atomic E-state index is 11.5. The average Bonchev–Trinajstić information content (AvgIpc) is 2.27. The molecule has 0 saturated heterocycles. The first-order valence-electron chi connectivity index (χ1n) is 5.47. The highest BCUT2D eigenvalue weighted by Crippen LogP contribution is 2.10. The Morgan fingerprint density at radius 2 is 2.31 bits per heavy atom. The molecule has 2 atom stereocenters. The summed E-state index contributed by atoms with van der Waals surface area (Å²) in [6.45, 7) is 3.59. The van der Waals surface area contributed by atoms with E-state index in [1.54, 1.807) is 19.3 Å². The van der Waals surface area contributed by atoms with Gasteiger partial charge in [-0.15, -0.1) is 0 Å². The fourth-order valence-corrected chi connectivity index (χ4v) is 1.37. The Kier molecular flexibility index (Phi) is 4.92. The summed E-state index contributed by atoms with van der Waals surface area (Å²) in [5.74, 6) is -0.0442. The standard InChI is InChI=1S/C12H18N2O2/c1-9(15)5-6-12(16)14-10(2)11-4-3-7-13-8-11/h3-4,7-10,15H,5-6H2,1-2H3,(H,14,16). The second-order valence-corrected chi connectivity index (χ2v) is 3.96. The average molecular weight is 222 g/mol. The van der Waals surface area contributed by atoms with E-state index >= 15 is 0 Å². The highest BCUT2D eigenvalue weighted by atomic mass is 16.3. The molecule has 1 aromatic rings. The third-order valence-electron chi connectivity index (χ3n) is 2.35. The Balaban J connectivity index is 2.40. The maximum absolute atomic E-state index is 11.5. The summed E-state index contributed by atoms with van der Waals surface area (Å²) in [6, 6.07) is 3.72. The van der Waals surface area contributed by atoms with Crippen LogP contribution in [0.3, 0.4) is 0 Å². The lowest BCUT2D eigenvalue weighted by Gasteiger charge is -2.14. The molecule has 0 fully saturated rings. The van der Waals surface area contributed by atoms with Gasteiger partial charge in [0.25, 0.3) is 0 Å². The van der Waals surface area contributed by atoms with Crippen LogP contribution in [0.1, 0.15) is 38.3 Å². The number of hydrogen-bond acceptors (Lipinski definition) is 3. The van der Waals surface area contributed by atoms with Gasteiger partial charge in [-0.3, -0.25) is 9.78 Å². The van der Waals surface area contributed by atoms with E-state index in [2.05, 4.69) is 10.3 Å². The number of amides is 1. The highest BCUT2D eigenvalue weighted by molar-refractivity contribution is 5.76. The molecule has 0 bridgehead atoms. The summed E-state index contributed by atoms with van der Waals surface area (Å²) in [5.41, 5.74) is 0.980. The van der Waals surface area contributed by atoms with Gasteiger partial charge in [-0.25, -0.2) is 0 Å². The number of nitrogens with zero attached hydrogens (tertiary/aromatic N) is 1. The van der Waals surface area contributed by atoms with Crippen LogP contribution in [0, 0.1) is 0 Å². The number of nitrogens with one attached hydrogen (secondary N) is 1. The molecule has 0 aliphatic heterocycles. The summed E-state index contributed by atoms with van der Waals surface area (Å²) < 4.78 is 0. The number of carbonyl (C=O) groups excluding carboxylic acids is 1. The van der Waals surface area contributed by atoms with Crippen molar-refractivity contribution >= 4 is 5.91 Å². The summed E-state index contributed by atoms with van der Waals surface area (Å²) in [7, 11) is 0. The van der Waals surface area contributed by atoms with Crippen LogP contribution in [0.4, 0.5) is 0 Å². The van der Waals surface area contributed by atoms with Crippen LogP contribution in [-0.2, 0) is 4.79 Å². The van der Waals surface area contributed by atoms with Gasteiger partial charge < -0.3 is 10.4 Å². The van der Waals surface area contributed by atoms with E-state index in [0.29, 0.717) is 12.8 Å². The Morgan fingerprint density at radius 3 is 2.88 bits per heavy atom. The zero-order valence-electron chi connectivity index (χ0n) is 9.68. The lowest BCUT2D eigenvalue weighted by molar-refractivity contribution is -0.122. The summed E-state index contributed by atoms with van der Waals surface area (Å²) in [5, 5.41) is 11.9. The van der Waals surface area contributed by atoms with Gasteiger partial charge in [-0.1, -0.05) is 6.07 Å². The second kappa shape index (κ2) is 6.23. The van der Waals surface area contributed by atoms with Crippen molar-refractivity contribution in [3.63, 3.8) is 0 Å². The molecule has 1 aromatic heterocycles. The number of aliphatic hydroxyl groups excluding tert-OH is 1. The predicted octanol–water partition coefficient (Wildman–Crippen LogP) is 1.42. The number of rotatable bonds is 5. The first-order valence-corrected chi connectivity index (χ1v) is 5.47. The molecule has 0 saturated carbocycles. The molecule has 0 aliphatic rings. The van der Waals surface area contributed by atoms with E-state index in [4.69, 9.17) is 5.11 Å². The smallest absolute Gasteiger partial charge is 0.220 e. The van der Waals surface area contributed by atoms with Crippen molar-refractivity contribution in [1.29, 1.82) is 0 Å². The molecule has 1 amide bonds. The van der Waals surface area contributed by atoms with Gasteiger partial charge in [-0.2, -0.15) is 0 Å². The van der Waals surface area contributed by atoms with Crippen molar-refractivity contribution < 1.29 is 9.90 Å². The van der Waals surface area contributed by atoms with Gasteiger partial charge in [0.2, 0.25) is 5.91 Å². The first-order chi connectivity index (χ1) is 7.59. The van der Waals surface area contributed by atoms with Crippen molar-refractivity contribution in [3.05, 3.63) is 30.1 Å². The molecule has 4 heteroatoms. The van der Waals surface area contributed by atoms with Gasteiger partial charge in [0.1, 0.15) is 0 Å². The van der Waals surface area contributed by atoms with Crippen molar-refractivity contribution in [3.8, 4) is 0 Å². The van der Waals surface area contributed by atoms with Crippen LogP contribution >= 0.6 is 0 Å². The van der Waals surface area contributed by atoms with Crippen molar-refractivity contribution in [1.82, 2.24) is 10.3 Å². The second-order valence-electron chi connectivity index (χ2n) is 3.96. The lowest BCUT2D eigenvalue weighted by atomic mass is 10.1. The van der Waals surface area contributed by atoms with E-state index in [-0.39, 0.29) is 11.9 Å². The number of aromatic nitrogens is 1. The van der Waals surface area contributed by atoms with Crippen LogP contribution < -0.4 is 5.32 Å². The molecule has 1 heterocycles. The Hall–Kier alpha value is -1.42. The summed E-state index contributed by atoms with van der Waals surface area (Å²) in [6.07, 6.45) is 3.85. The normalized spacial score (nSPS) is 14.2. The molecule has 2 unspecified atom stereocenters. The SMILES string of the molecule is CC(O)CCC(=O)NC(C)c1cccnc1. The van der Waals surface area contributed by atoms with Crippen molar-refractivity contribution in [2.45, 2.75) is 38.8 Å². The number of pyridine rings is 1. The molecule has 0 aliphatic carbocycles. The molecular weight excluding hydrogens is 204 g/mol. The fraction of sp³-hybridized carbons (Fsp3) is 0.500. The van der Waals surface area contributed by atoms with E-state index in [0.717, 1.165) is 5.56 Å². The molecular formula is C12H18N2O2. The molecule has 1 rings (SSSR count). The predicted molar refractivity (Wildman–Crippen MR) is 61.7 cm³/mol. The minimum Gasteiger partial charge on any atom is -0.393 e. The van der Waals surface area contributed by atoms with Crippen LogP contribution in [0.5, 0.6) is 0 Å². The summed E-state index contributed by atoms with van der Waals surface area (Å²) >= 11 is 0. The van der Waals surface area contributed by atoms with Gasteiger partial charge in [0.15, 0.2) is 0 Å². The maximum Gasteiger partial charge on any atom is 0.220 e. The topological polar surface area (TPSA) is 62.2 Å². The van der Waals surface area contributed by atoms with E-state index in [9.17, 15) is 4.79 Å². The molecule has 0 spiro atoms. The van der Waals surface area contributed by atoms with Gasteiger partial charge in [0, 0.05) is 18.8 Å². The van der Waals surface area contributed by atoms with E-state index in [1.807, 2.05) is 19.1 Å². The monoisotopic (exact) mass is 222 g/mol. The number of hydrogen-bond donors (Lipinski definition) is 2. The van der Waals surface area contributed by atoms with Gasteiger partial charge in [-0.05, 0) is 31.9 Å². The molecule has 88 valence electrons. The molecule has 0 radical (unpaired) electrons. The fourth-order valence-electron chi connectivity index (χ4n) is 1.37. The van der Waals surface area contributed by atoms with Crippen LogP contribution in [0.2, 0.25) is 0 Å². The minimum absolute atomic E-state index is 0.0442. The zero-order valence-corrected chi connectivity index (χ0v) is 9.68. The van der Waals surface area contributed by atoms with Crippen LogP contribution in [-0.4, -0.2) is 22.1 Å². The van der Waals surface area contributed by atoms with Crippen LogP contribution in [0.25, 0.3) is 0 Å². The molecule has 0 aromatic carbocycles. The van der Waals surface area contributed by atoms with E-state index in [1.165, 1.54) is 0 Å². The Bertz CT molecular complexity index is 325. The lowest BCUT2D eigenvalue weighted by Crippen LogP contribution is -2.27. The first kappa shape index (κ1) is 12.6. The Morgan fingerprint density at radius 1 is 1.56 bits per heavy atom. The highest BCUT2D eigenvalue weighted by Gasteiger charge is 2.09. The quantitative estimate of drug-likeness (QED) is 0.792. The zero-order chi connectivity index (χ0) is 12.0. The number of aliphatic hydroxyl groups is 1. The van der Waals surface area contributed by atoms with Crippen LogP contribution in [0.15, 0.2) is 24.5 Å². The third kappa shape index (κ3) is 4.40. The van der Waals surface area contributed by atoms with E-state index < -0.39 is 6.10 Å².